The van der Waals surface area contributed by atoms with E-state index in [1.165, 1.54) is 27.8 Å². The van der Waals surface area contributed by atoms with Crippen LogP contribution in [0.3, 0.4) is 0 Å². The minimum absolute atomic E-state index is 0.225. The van der Waals surface area contributed by atoms with E-state index in [-0.39, 0.29) is 5.92 Å². The van der Waals surface area contributed by atoms with Gasteiger partial charge in [0.2, 0.25) is 0 Å². The van der Waals surface area contributed by atoms with Gasteiger partial charge in [0.1, 0.15) is 0 Å². The number of allylic oxidation sites excluding steroid dienone is 4. The number of fused-ring (bicyclic) bond motifs is 3. The van der Waals surface area contributed by atoms with Crippen molar-refractivity contribution in [3.63, 3.8) is 0 Å². The molecule has 0 fully saturated rings. The van der Waals surface area contributed by atoms with Crippen LogP contribution in [0.2, 0.25) is 0 Å². The first-order valence-corrected chi connectivity index (χ1v) is 19.0. The maximum Gasteiger partial charge on any atom is 0.164 e. The van der Waals surface area contributed by atoms with Crippen molar-refractivity contribution in [1.82, 2.24) is 15.0 Å². The predicted molar refractivity (Wildman–Crippen MR) is 225 cm³/mol. The molecule has 10 rings (SSSR count). The molecule has 2 unspecified atom stereocenters. The van der Waals surface area contributed by atoms with Gasteiger partial charge in [0.25, 0.3) is 0 Å². The van der Waals surface area contributed by atoms with E-state index in [4.69, 9.17) is 15.0 Å². The number of nitrogens with zero attached hydrogens (tertiary/aromatic N) is 3. The summed E-state index contributed by atoms with van der Waals surface area (Å²) in [4.78, 5) is 15.9. The Morgan fingerprint density at radius 2 is 0.891 bits per heavy atom. The summed E-state index contributed by atoms with van der Waals surface area (Å²) in [6, 6.07) is 64.7. The summed E-state index contributed by atoms with van der Waals surface area (Å²) in [6.45, 7) is 0. The number of rotatable bonds is 7. The molecule has 1 heterocycles. The van der Waals surface area contributed by atoms with Crippen molar-refractivity contribution in [2.45, 2.75) is 11.8 Å². The van der Waals surface area contributed by atoms with Gasteiger partial charge in [-0.3, -0.25) is 0 Å². The zero-order valence-electron chi connectivity index (χ0n) is 30.3. The quantitative estimate of drug-likeness (QED) is 0.166. The van der Waals surface area contributed by atoms with Crippen molar-refractivity contribution >= 4 is 0 Å². The van der Waals surface area contributed by atoms with Gasteiger partial charge in [0, 0.05) is 16.7 Å². The van der Waals surface area contributed by atoms with Crippen LogP contribution in [0.25, 0.3) is 67.5 Å². The fraction of sp³-hybridized carbons (Fsp3) is 0.0577. The molecule has 0 bridgehead atoms. The van der Waals surface area contributed by atoms with E-state index in [9.17, 15) is 0 Å². The van der Waals surface area contributed by atoms with Crippen LogP contribution in [0.15, 0.2) is 206 Å². The summed E-state index contributed by atoms with van der Waals surface area (Å²) in [5.74, 6) is 2.16. The van der Waals surface area contributed by atoms with Gasteiger partial charge in [-0.1, -0.05) is 194 Å². The van der Waals surface area contributed by atoms with Crippen LogP contribution in [-0.2, 0) is 5.41 Å². The summed E-state index contributed by atoms with van der Waals surface area (Å²) in [7, 11) is 0. The molecule has 2 aliphatic rings. The molecule has 8 aromatic rings. The van der Waals surface area contributed by atoms with E-state index in [0.717, 1.165) is 45.4 Å². The summed E-state index contributed by atoms with van der Waals surface area (Å²) >= 11 is 0. The Labute approximate surface area is 322 Å². The summed E-state index contributed by atoms with van der Waals surface area (Å²) in [6.07, 6.45) is 10.0. The van der Waals surface area contributed by atoms with Gasteiger partial charge in [-0.25, -0.2) is 15.0 Å². The average Bonchev–Trinajstić information content (AvgIpc) is 3.59. The van der Waals surface area contributed by atoms with Crippen LogP contribution in [0.1, 0.15) is 23.1 Å². The first kappa shape index (κ1) is 32.7. The lowest BCUT2D eigenvalue weighted by molar-refractivity contribution is 0.457. The van der Waals surface area contributed by atoms with Gasteiger partial charge < -0.3 is 0 Å². The van der Waals surface area contributed by atoms with E-state index in [1.807, 2.05) is 12.1 Å². The lowest BCUT2D eigenvalue weighted by Crippen LogP contribution is -2.35. The Bertz CT molecular complexity index is 2630. The highest BCUT2D eigenvalue weighted by molar-refractivity contribution is 5.93. The van der Waals surface area contributed by atoms with Crippen molar-refractivity contribution in [3.05, 3.63) is 223 Å². The topological polar surface area (TPSA) is 38.7 Å². The largest absolute Gasteiger partial charge is 0.208 e. The van der Waals surface area contributed by atoms with Gasteiger partial charge in [-0.2, -0.15) is 0 Å². The third-order valence-electron chi connectivity index (χ3n) is 11.2. The van der Waals surface area contributed by atoms with Gasteiger partial charge in [-0.05, 0) is 74.5 Å². The normalized spacial score (nSPS) is 16.8. The molecule has 2 atom stereocenters. The third kappa shape index (κ3) is 5.64. The van der Waals surface area contributed by atoms with Crippen molar-refractivity contribution in [1.29, 1.82) is 0 Å². The molecule has 0 amide bonds. The van der Waals surface area contributed by atoms with Crippen molar-refractivity contribution < 1.29 is 0 Å². The second-order valence-electron chi connectivity index (χ2n) is 14.3. The Morgan fingerprint density at radius 1 is 0.400 bits per heavy atom. The van der Waals surface area contributed by atoms with Crippen LogP contribution < -0.4 is 0 Å². The maximum absolute atomic E-state index is 5.35. The second-order valence-corrected chi connectivity index (χ2v) is 14.3. The highest BCUT2D eigenvalue weighted by atomic mass is 15.0. The van der Waals surface area contributed by atoms with Crippen molar-refractivity contribution in [2.75, 3.05) is 0 Å². The molecule has 0 aliphatic heterocycles. The van der Waals surface area contributed by atoms with Gasteiger partial charge in [0.15, 0.2) is 17.5 Å². The van der Waals surface area contributed by atoms with Crippen molar-refractivity contribution in [3.8, 4) is 67.5 Å². The summed E-state index contributed by atoms with van der Waals surface area (Å²) < 4.78 is 0. The molecule has 0 spiro atoms. The van der Waals surface area contributed by atoms with E-state index >= 15 is 0 Å². The maximum atomic E-state index is 5.35. The number of benzene rings is 7. The summed E-state index contributed by atoms with van der Waals surface area (Å²) in [5, 5.41) is 0. The van der Waals surface area contributed by atoms with Crippen LogP contribution in [-0.4, -0.2) is 15.0 Å². The Balaban J connectivity index is 1.22. The van der Waals surface area contributed by atoms with Crippen LogP contribution in [0.4, 0.5) is 0 Å². The highest BCUT2D eigenvalue weighted by Gasteiger charge is 2.49. The minimum atomic E-state index is -0.392. The van der Waals surface area contributed by atoms with Gasteiger partial charge in [-0.15, -0.1) is 0 Å². The standard InChI is InChI=1S/C52H37N3/c1-5-18-36(19-6-1)38-22-15-24-40(34-38)49-53-50(41-25-16-23-39(35-41)37-20-7-2-8-21-37)55-51(54-49)45-31-17-33-47-48(45)44-30-13-14-32-46(44)52(47,42-26-9-3-10-27-42)43-28-11-4-12-29-43/h1-28,30-35,43H,29H2. The first-order chi connectivity index (χ1) is 27.3. The van der Waals surface area contributed by atoms with Gasteiger partial charge in [0.05, 0.1) is 5.41 Å². The monoisotopic (exact) mass is 703 g/mol. The smallest absolute Gasteiger partial charge is 0.164 e. The molecule has 260 valence electrons. The van der Waals surface area contributed by atoms with Crippen LogP contribution >= 0.6 is 0 Å². The van der Waals surface area contributed by atoms with Crippen LogP contribution in [0, 0.1) is 5.92 Å². The van der Waals surface area contributed by atoms with E-state index < -0.39 is 5.41 Å². The third-order valence-corrected chi connectivity index (χ3v) is 11.2. The van der Waals surface area contributed by atoms with E-state index in [2.05, 4.69) is 194 Å². The molecular formula is C52H37N3. The van der Waals surface area contributed by atoms with E-state index in [0.29, 0.717) is 17.5 Å². The average molecular weight is 704 g/mol. The Hall–Kier alpha value is -6.97. The lowest BCUT2D eigenvalue weighted by atomic mass is 9.62. The minimum Gasteiger partial charge on any atom is -0.208 e. The Morgan fingerprint density at radius 3 is 1.51 bits per heavy atom. The van der Waals surface area contributed by atoms with Gasteiger partial charge >= 0.3 is 0 Å². The second kappa shape index (κ2) is 13.8. The molecule has 3 nitrogen and oxygen atoms in total. The zero-order chi connectivity index (χ0) is 36.6. The van der Waals surface area contributed by atoms with Crippen molar-refractivity contribution in [2.24, 2.45) is 5.92 Å². The Kier molecular flexibility index (Phi) is 8.18. The molecule has 0 saturated heterocycles. The van der Waals surface area contributed by atoms with Crippen LogP contribution in [0.5, 0.6) is 0 Å². The fourth-order valence-corrected chi connectivity index (χ4v) is 8.77. The predicted octanol–water partition coefficient (Wildman–Crippen LogP) is 12.7. The molecule has 3 heteroatoms. The number of hydrogen-bond acceptors (Lipinski definition) is 3. The molecule has 0 saturated carbocycles. The molecule has 0 N–H and O–H groups in total. The lowest BCUT2D eigenvalue weighted by Gasteiger charge is -2.39. The van der Waals surface area contributed by atoms with E-state index in [1.54, 1.807) is 0 Å². The summed E-state index contributed by atoms with van der Waals surface area (Å²) in [5.41, 5.74) is 13.3. The highest BCUT2D eigenvalue weighted by Crippen LogP contribution is 2.59. The number of aromatic nitrogens is 3. The molecule has 55 heavy (non-hydrogen) atoms. The fourth-order valence-electron chi connectivity index (χ4n) is 8.77. The SMILES string of the molecule is C1=CCC(C2(c3ccccc3)c3ccccc3-c3c(-c4nc(-c5cccc(-c6ccccc6)c5)nc(-c5cccc(-c6ccccc6)c5)n4)cccc32)C=C1. The molecule has 7 aromatic carbocycles. The molecule has 1 aromatic heterocycles. The molecule has 0 radical (unpaired) electrons. The molecule has 2 aliphatic carbocycles. The first-order valence-electron chi connectivity index (χ1n) is 19.0. The zero-order valence-corrected chi connectivity index (χ0v) is 30.3. The molecular weight excluding hydrogens is 667 g/mol. The number of hydrogen-bond donors (Lipinski definition) is 0.